The number of fused-ring (bicyclic) bond motifs is 7. The fourth-order valence-electron chi connectivity index (χ4n) is 8.73. The van der Waals surface area contributed by atoms with E-state index in [0.29, 0.717) is 0 Å². The van der Waals surface area contributed by atoms with Crippen molar-refractivity contribution in [2.45, 2.75) is 0 Å². The Morgan fingerprint density at radius 2 is 0.875 bits per heavy atom. The van der Waals surface area contributed by atoms with Gasteiger partial charge in [-0.1, -0.05) is 109 Å². The fraction of sp³-hybridized carbons (Fsp3) is 0. The molecule has 0 atom stereocenters. The van der Waals surface area contributed by atoms with Gasteiger partial charge in [0.05, 0.1) is 0 Å². The Labute approximate surface area is 274 Å². The van der Waals surface area contributed by atoms with Gasteiger partial charge >= 0.3 is 0 Å². The van der Waals surface area contributed by atoms with Crippen LogP contribution in [0.15, 0.2) is 154 Å². The highest BCUT2D eigenvalue weighted by molar-refractivity contribution is 6.38. The molecule has 12 rings (SSSR count). The van der Waals surface area contributed by atoms with E-state index in [9.17, 15) is 0 Å². The number of hydrogen-bond acceptors (Lipinski definition) is 2. The molecule has 0 saturated heterocycles. The molecule has 220 valence electrons. The minimum absolute atomic E-state index is 0.914. The lowest BCUT2D eigenvalue weighted by Gasteiger charge is -2.13. The van der Waals surface area contributed by atoms with E-state index in [1.54, 1.807) is 0 Å². The number of hydrogen-bond donors (Lipinski definition) is 0. The fourth-order valence-corrected chi connectivity index (χ4v) is 8.73. The molecule has 0 fully saturated rings. The molecule has 0 unspecified atom stereocenters. The molecule has 0 bridgehead atoms. The number of rotatable bonds is 2. The third kappa shape index (κ3) is 3.03. The minimum atomic E-state index is 0.914. The Bertz CT molecular complexity index is 3190. The summed E-state index contributed by atoms with van der Waals surface area (Å²) in [5, 5.41) is 14.8. The van der Waals surface area contributed by atoms with Crippen molar-refractivity contribution in [2.24, 2.45) is 0 Å². The number of benzene rings is 9. The lowest BCUT2D eigenvalue weighted by Crippen LogP contribution is -1.86. The van der Waals surface area contributed by atoms with Gasteiger partial charge in [0.25, 0.3) is 0 Å². The van der Waals surface area contributed by atoms with Gasteiger partial charge in [0.15, 0.2) is 0 Å². The molecule has 9 aromatic carbocycles. The van der Waals surface area contributed by atoms with Crippen molar-refractivity contribution in [3.63, 3.8) is 0 Å². The van der Waals surface area contributed by atoms with Crippen LogP contribution in [0.3, 0.4) is 0 Å². The van der Waals surface area contributed by atoms with Gasteiger partial charge in [0.1, 0.15) is 22.3 Å². The summed E-state index contributed by atoms with van der Waals surface area (Å²) in [5.41, 5.74) is 10.7. The van der Waals surface area contributed by atoms with Crippen LogP contribution in [-0.2, 0) is 0 Å². The Morgan fingerprint density at radius 3 is 1.62 bits per heavy atom. The van der Waals surface area contributed by atoms with E-state index in [1.165, 1.54) is 86.9 Å². The molecule has 2 heterocycles. The first-order valence-corrected chi connectivity index (χ1v) is 16.5. The maximum absolute atomic E-state index is 6.84. The van der Waals surface area contributed by atoms with Gasteiger partial charge in [0, 0.05) is 32.5 Å². The largest absolute Gasteiger partial charge is 0.456 e. The summed E-state index contributed by atoms with van der Waals surface area (Å²) in [7, 11) is 0. The molecule has 0 amide bonds. The van der Waals surface area contributed by atoms with Gasteiger partial charge in [-0.2, -0.15) is 0 Å². The lowest BCUT2D eigenvalue weighted by molar-refractivity contribution is 0.669. The first-order valence-electron chi connectivity index (χ1n) is 16.5. The predicted octanol–water partition coefficient (Wildman–Crippen LogP) is 13.4. The highest BCUT2D eigenvalue weighted by Gasteiger charge is 2.26. The highest BCUT2D eigenvalue weighted by Crippen LogP contribution is 2.52. The average molecular weight is 609 g/mol. The molecule has 0 aliphatic heterocycles. The molecule has 48 heavy (non-hydrogen) atoms. The first-order chi connectivity index (χ1) is 23.8. The van der Waals surface area contributed by atoms with Crippen LogP contribution in [0.4, 0.5) is 0 Å². The van der Waals surface area contributed by atoms with Crippen molar-refractivity contribution < 1.29 is 8.83 Å². The van der Waals surface area contributed by atoms with E-state index >= 15 is 0 Å². The van der Waals surface area contributed by atoms with Crippen LogP contribution in [0.2, 0.25) is 0 Å². The Kier molecular flexibility index (Phi) is 4.49. The Hall–Kier alpha value is -6.38. The molecule has 1 aliphatic carbocycles. The van der Waals surface area contributed by atoms with Gasteiger partial charge in [-0.15, -0.1) is 0 Å². The van der Waals surface area contributed by atoms with Crippen LogP contribution in [0, 0.1) is 0 Å². The zero-order valence-electron chi connectivity index (χ0n) is 25.7. The standard InChI is InChI=1S/C46H24O2/c1-2-12-31-29(10-1)30-11-3-4-13-32(30)37-23-26(18-20-33(31)37)25-8-5-9-27(22-25)36-24-28-19-21-40-44-41(28)45-43-35(15-7-17-39(43)48-46(36)45)34-14-6-16-38(47-40)42(34)44/h1-24H. The molecular formula is C46H24O2. The molecule has 0 N–H and O–H groups in total. The van der Waals surface area contributed by atoms with E-state index in [2.05, 4.69) is 146 Å². The molecule has 0 saturated carbocycles. The van der Waals surface area contributed by atoms with Crippen LogP contribution < -0.4 is 0 Å². The second-order valence-electron chi connectivity index (χ2n) is 13.2. The van der Waals surface area contributed by atoms with E-state index in [1.807, 2.05) is 0 Å². The van der Waals surface area contributed by atoms with Gasteiger partial charge in [-0.05, 0) is 102 Å². The topological polar surface area (TPSA) is 26.3 Å². The quantitative estimate of drug-likeness (QED) is 0.183. The second kappa shape index (κ2) is 8.70. The summed E-state index contributed by atoms with van der Waals surface area (Å²) in [5.74, 6) is 0. The average Bonchev–Trinajstić information content (AvgIpc) is 3.70. The Balaban J connectivity index is 1.14. The van der Waals surface area contributed by atoms with Crippen LogP contribution in [0.25, 0.3) is 120 Å². The van der Waals surface area contributed by atoms with Crippen LogP contribution in [0.5, 0.6) is 0 Å². The lowest BCUT2D eigenvalue weighted by atomic mass is 9.91. The summed E-state index contributed by atoms with van der Waals surface area (Å²) in [6.45, 7) is 0. The summed E-state index contributed by atoms with van der Waals surface area (Å²) >= 11 is 0. The van der Waals surface area contributed by atoms with Gasteiger partial charge in [-0.3, -0.25) is 0 Å². The number of furan rings is 2. The van der Waals surface area contributed by atoms with E-state index in [-0.39, 0.29) is 0 Å². The summed E-state index contributed by atoms with van der Waals surface area (Å²) in [4.78, 5) is 0. The van der Waals surface area contributed by atoms with Gasteiger partial charge in [-0.25, -0.2) is 0 Å². The normalized spacial score (nSPS) is 12.6. The van der Waals surface area contributed by atoms with Gasteiger partial charge in [0.2, 0.25) is 0 Å². The van der Waals surface area contributed by atoms with Crippen LogP contribution in [-0.4, -0.2) is 0 Å². The smallest absolute Gasteiger partial charge is 0.143 e. The highest BCUT2D eigenvalue weighted by atomic mass is 16.3. The first kappa shape index (κ1) is 24.8. The Morgan fingerprint density at radius 1 is 0.292 bits per heavy atom. The second-order valence-corrected chi connectivity index (χ2v) is 13.2. The van der Waals surface area contributed by atoms with Gasteiger partial charge < -0.3 is 8.83 Å². The predicted molar refractivity (Wildman–Crippen MR) is 201 cm³/mol. The van der Waals surface area contributed by atoms with Crippen molar-refractivity contribution in [3.8, 4) is 33.4 Å². The molecular weight excluding hydrogens is 585 g/mol. The maximum atomic E-state index is 6.84. The molecule has 11 aromatic rings. The zero-order chi connectivity index (χ0) is 31.1. The van der Waals surface area contributed by atoms with E-state index in [0.717, 1.165) is 33.5 Å². The minimum Gasteiger partial charge on any atom is -0.456 e. The third-order valence-electron chi connectivity index (χ3n) is 10.7. The monoisotopic (exact) mass is 608 g/mol. The SMILES string of the molecule is c1cc(-c2ccc3c4ccccc4c4ccccc4c3c2)cc(-c2cc3ccc4oc5cccc6c5c4c3c3c2oc2cccc-6c23)c1. The maximum Gasteiger partial charge on any atom is 0.143 e. The summed E-state index contributed by atoms with van der Waals surface area (Å²) in [6, 6.07) is 52.9. The molecule has 0 radical (unpaired) electrons. The molecule has 2 heteroatoms. The van der Waals surface area contributed by atoms with E-state index in [4.69, 9.17) is 8.83 Å². The van der Waals surface area contributed by atoms with Crippen LogP contribution >= 0.6 is 0 Å². The molecule has 0 spiro atoms. The summed E-state index contributed by atoms with van der Waals surface area (Å²) in [6.07, 6.45) is 0. The molecule has 2 aromatic heterocycles. The summed E-state index contributed by atoms with van der Waals surface area (Å²) < 4.78 is 13.3. The van der Waals surface area contributed by atoms with Crippen molar-refractivity contribution in [3.05, 3.63) is 146 Å². The van der Waals surface area contributed by atoms with E-state index < -0.39 is 0 Å². The molecule has 1 aliphatic rings. The zero-order valence-corrected chi connectivity index (χ0v) is 25.7. The third-order valence-corrected chi connectivity index (χ3v) is 10.7. The molecule has 2 nitrogen and oxygen atoms in total. The van der Waals surface area contributed by atoms with Crippen molar-refractivity contribution in [2.75, 3.05) is 0 Å². The van der Waals surface area contributed by atoms with Crippen molar-refractivity contribution >= 4 is 87.0 Å². The van der Waals surface area contributed by atoms with Crippen LogP contribution in [0.1, 0.15) is 0 Å². The van der Waals surface area contributed by atoms with Crippen molar-refractivity contribution in [1.29, 1.82) is 0 Å². The van der Waals surface area contributed by atoms with Crippen molar-refractivity contribution in [1.82, 2.24) is 0 Å².